The van der Waals surface area contributed by atoms with Crippen molar-refractivity contribution in [3.8, 4) is 0 Å². The average molecular weight is 737 g/mol. The van der Waals surface area contributed by atoms with E-state index in [0.29, 0.717) is 32.1 Å². The molecular formula is C41H69O9P. The number of rotatable bonds is 34. The molecule has 0 aliphatic carbocycles. The molecule has 0 amide bonds. The van der Waals surface area contributed by atoms with Crippen molar-refractivity contribution in [1.82, 2.24) is 0 Å². The Hall–Kier alpha value is -2.55. The Morgan fingerprint density at radius 1 is 0.627 bits per heavy atom. The Kier molecular flexibility index (Phi) is 34.0. The first-order valence-corrected chi connectivity index (χ1v) is 20.9. The van der Waals surface area contributed by atoms with Gasteiger partial charge in [0.2, 0.25) is 0 Å². The second-order valence-electron chi connectivity index (χ2n) is 12.7. The predicted molar refractivity (Wildman–Crippen MR) is 208 cm³/mol. The Morgan fingerprint density at radius 3 is 1.88 bits per heavy atom. The van der Waals surface area contributed by atoms with E-state index < -0.39 is 38.6 Å². The van der Waals surface area contributed by atoms with Crippen molar-refractivity contribution in [3.63, 3.8) is 0 Å². The highest BCUT2D eigenvalue weighted by molar-refractivity contribution is 7.46. The SMILES string of the molecule is CC/C=C\C/C=C\CC(O)/C=C/C=C\C/C=C\CCCC(=O)O[C@H](COC(=O)CCCCCCCCC/C=C\CCCCCC)COP(=O)(O)O. The van der Waals surface area contributed by atoms with E-state index in [1.165, 1.54) is 51.4 Å². The zero-order valence-corrected chi connectivity index (χ0v) is 32.5. The van der Waals surface area contributed by atoms with Gasteiger partial charge in [-0.15, -0.1) is 0 Å². The van der Waals surface area contributed by atoms with Gasteiger partial charge in [0.15, 0.2) is 6.10 Å². The first-order valence-electron chi connectivity index (χ1n) is 19.3. The van der Waals surface area contributed by atoms with Gasteiger partial charge in [0.1, 0.15) is 6.61 Å². The van der Waals surface area contributed by atoms with Gasteiger partial charge in [-0.25, -0.2) is 4.57 Å². The molecule has 0 aromatic heterocycles. The maximum Gasteiger partial charge on any atom is 0.469 e. The third kappa shape index (κ3) is 38.5. The smallest absolute Gasteiger partial charge is 0.462 e. The standard InChI is InChI=1S/C41H69O9P/c1-3-5-7-9-11-12-13-14-15-16-17-18-22-26-30-34-40(43)48-36-39(37-49-51(45,46)47)50-41(44)35-31-27-23-20-19-21-25-29-33-38(42)32-28-24-10-8-6-4-2/h6,8,12-13,20-21,23-25,28-29,33,38-39,42H,3-5,7,9-11,14-19,22,26-27,30-32,34-37H2,1-2H3,(H2,45,46,47)/b8-6-,13-12-,23-20-,25-21-,28-24-,33-29+/t38?,39-/m1/s1. The van der Waals surface area contributed by atoms with E-state index in [9.17, 15) is 19.3 Å². The maximum atomic E-state index is 12.4. The lowest BCUT2D eigenvalue weighted by molar-refractivity contribution is -0.161. The molecule has 2 atom stereocenters. The molecule has 0 fully saturated rings. The summed E-state index contributed by atoms with van der Waals surface area (Å²) >= 11 is 0. The summed E-state index contributed by atoms with van der Waals surface area (Å²) in [5, 5.41) is 9.97. The number of aliphatic hydroxyl groups is 1. The van der Waals surface area contributed by atoms with E-state index in [4.69, 9.17) is 19.3 Å². The molecule has 0 saturated heterocycles. The molecule has 0 radical (unpaired) electrons. The summed E-state index contributed by atoms with van der Waals surface area (Å²) in [7, 11) is -4.79. The zero-order chi connectivity index (χ0) is 37.7. The number of phosphoric acid groups is 1. The van der Waals surface area contributed by atoms with Gasteiger partial charge < -0.3 is 24.4 Å². The molecule has 0 aromatic rings. The lowest BCUT2D eigenvalue weighted by atomic mass is 10.1. The van der Waals surface area contributed by atoms with Crippen molar-refractivity contribution in [1.29, 1.82) is 0 Å². The summed E-state index contributed by atoms with van der Waals surface area (Å²) in [5.41, 5.74) is 0. The maximum absolute atomic E-state index is 12.4. The van der Waals surface area contributed by atoms with E-state index in [1.807, 2.05) is 42.5 Å². The van der Waals surface area contributed by atoms with Gasteiger partial charge in [0.05, 0.1) is 12.7 Å². The van der Waals surface area contributed by atoms with Crippen LogP contribution in [-0.2, 0) is 28.2 Å². The number of aliphatic hydroxyl groups excluding tert-OH is 1. The topological polar surface area (TPSA) is 140 Å². The van der Waals surface area contributed by atoms with Crippen LogP contribution in [0.2, 0.25) is 0 Å². The van der Waals surface area contributed by atoms with Crippen LogP contribution in [0.25, 0.3) is 0 Å². The summed E-state index contributed by atoms with van der Waals surface area (Å²) in [4.78, 5) is 42.7. The fraction of sp³-hybridized carbons (Fsp3) is 0.659. The molecule has 3 N–H and O–H groups in total. The van der Waals surface area contributed by atoms with Crippen LogP contribution in [0.1, 0.15) is 149 Å². The number of hydrogen-bond donors (Lipinski definition) is 3. The fourth-order valence-corrected chi connectivity index (χ4v) is 5.26. The fourth-order valence-electron chi connectivity index (χ4n) is 4.90. The van der Waals surface area contributed by atoms with Crippen molar-refractivity contribution >= 4 is 19.8 Å². The van der Waals surface area contributed by atoms with Gasteiger partial charge >= 0.3 is 19.8 Å². The molecule has 51 heavy (non-hydrogen) atoms. The molecule has 0 aliphatic rings. The predicted octanol–water partition coefficient (Wildman–Crippen LogP) is 10.5. The van der Waals surface area contributed by atoms with E-state index >= 15 is 0 Å². The van der Waals surface area contributed by atoms with Crippen molar-refractivity contribution in [2.45, 2.75) is 161 Å². The number of unbranched alkanes of at least 4 members (excludes halogenated alkanes) is 12. The van der Waals surface area contributed by atoms with Crippen LogP contribution in [0.3, 0.4) is 0 Å². The minimum atomic E-state index is -4.79. The molecule has 0 bridgehead atoms. The summed E-state index contributed by atoms with van der Waals surface area (Å²) in [6.07, 6.45) is 42.3. The highest BCUT2D eigenvalue weighted by Gasteiger charge is 2.22. The van der Waals surface area contributed by atoms with Crippen LogP contribution < -0.4 is 0 Å². The number of allylic oxidation sites excluding steroid dienone is 10. The van der Waals surface area contributed by atoms with Crippen LogP contribution in [0, 0.1) is 0 Å². The quantitative estimate of drug-likeness (QED) is 0.0194. The van der Waals surface area contributed by atoms with E-state index in [-0.39, 0.29) is 19.4 Å². The van der Waals surface area contributed by atoms with Gasteiger partial charge in [-0.2, -0.15) is 0 Å². The summed E-state index contributed by atoms with van der Waals surface area (Å²) in [6, 6.07) is 0. The first kappa shape index (κ1) is 48.5. The number of esters is 2. The Labute approximate surface area is 309 Å². The van der Waals surface area contributed by atoms with Crippen LogP contribution in [-0.4, -0.2) is 52.3 Å². The minimum Gasteiger partial charge on any atom is -0.462 e. The third-order valence-corrected chi connectivity index (χ3v) is 8.27. The van der Waals surface area contributed by atoms with Crippen LogP contribution in [0.4, 0.5) is 0 Å². The summed E-state index contributed by atoms with van der Waals surface area (Å²) in [5.74, 6) is -1.00. The number of phosphoric ester groups is 1. The Bertz CT molecular complexity index is 1070. The van der Waals surface area contributed by atoms with Crippen molar-refractivity contribution < 1.29 is 43.0 Å². The monoisotopic (exact) mass is 736 g/mol. The second kappa shape index (κ2) is 35.8. The molecule has 0 aromatic carbocycles. The van der Waals surface area contributed by atoms with Gasteiger partial charge in [0.25, 0.3) is 0 Å². The molecule has 292 valence electrons. The molecule has 9 nitrogen and oxygen atoms in total. The van der Waals surface area contributed by atoms with Gasteiger partial charge in [0, 0.05) is 12.8 Å². The molecule has 0 saturated carbocycles. The molecule has 0 spiro atoms. The molecule has 10 heteroatoms. The Morgan fingerprint density at radius 2 is 1.20 bits per heavy atom. The number of hydrogen-bond acceptors (Lipinski definition) is 7. The third-order valence-electron chi connectivity index (χ3n) is 7.79. The lowest BCUT2D eigenvalue weighted by Gasteiger charge is -2.18. The molecule has 1 unspecified atom stereocenters. The van der Waals surface area contributed by atoms with Crippen molar-refractivity contribution in [3.05, 3.63) is 72.9 Å². The molecule has 0 aliphatic heterocycles. The summed E-state index contributed by atoms with van der Waals surface area (Å²) < 4.78 is 26.2. The number of carbonyl (C=O) groups is 2. The summed E-state index contributed by atoms with van der Waals surface area (Å²) in [6.45, 7) is 3.42. The van der Waals surface area contributed by atoms with Crippen LogP contribution >= 0.6 is 7.82 Å². The van der Waals surface area contributed by atoms with Crippen molar-refractivity contribution in [2.24, 2.45) is 0 Å². The highest BCUT2D eigenvalue weighted by Crippen LogP contribution is 2.36. The zero-order valence-electron chi connectivity index (χ0n) is 31.6. The van der Waals surface area contributed by atoms with Gasteiger partial charge in [-0.1, -0.05) is 138 Å². The number of ether oxygens (including phenoxy) is 2. The van der Waals surface area contributed by atoms with Crippen LogP contribution in [0.15, 0.2) is 72.9 Å². The molecular weight excluding hydrogens is 667 g/mol. The lowest BCUT2D eigenvalue weighted by Crippen LogP contribution is -2.29. The molecule has 0 rings (SSSR count). The first-order chi connectivity index (χ1) is 24.7. The van der Waals surface area contributed by atoms with Gasteiger partial charge in [-0.3, -0.25) is 14.1 Å². The van der Waals surface area contributed by atoms with E-state index in [0.717, 1.165) is 38.5 Å². The van der Waals surface area contributed by atoms with Crippen molar-refractivity contribution in [2.75, 3.05) is 13.2 Å². The normalized spacial score (nSPS) is 13.9. The van der Waals surface area contributed by atoms with E-state index in [1.54, 1.807) is 6.08 Å². The molecule has 0 heterocycles. The average Bonchev–Trinajstić information content (AvgIpc) is 3.09. The van der Waals surface area contributed by atoms with Crippen LogP contribution in [0.5, 0.6) is 0 Å². The Balaban J connectivity index is 4.15. The largest absolute Gasteiger partial charge is 0.469 e. The minimum absolute atomic E-state index is 0.0975. The van der Waals surface area contributed by atoms with Gasteiger partial charge in [-0.05, 0) is 70.6 Å². The second-order valence-corrected chi connectivity index (χ2v) is 14.0. The van der Waals surface area contributed by atoms with E-state index in [2.05, 4.69) is 42.7 Å². The number of carbonyl (C=O) groups excluding carboxylic acids is 2. The highest BCUT2D eigenvalue weighted by atomic mass is 31.2.